The van der Waals surface area contributed by atoms with Crippen LogP contribution in [-0.4, -0.2) is 30.2 Å². The van der Waals surface area contributed by atoms with Gasteiger partial charge in [0.25, 0.3) is 0 Å². The van der Waals surface area contributed by atoms with Gasteiger partial charge in [-0.15, -0.1) is 0 Å². The standard InChI is InChI=1S/C14H16N2O2/c1-2-7-15-11-14(17)18-13-6-9-16-8-4-3-5-12(16)10-13/h3-8,10H,2,9,11H2,1H3. The second kappa shape index (κ2) is 6.00. The Morgan fingerprint density at radius 2 is 2.44 bits per heavy atom. The van der Waals surface area contributed by atoms with Crippen molar-refractivity contribution in [1.82, 2.24) is 4.90 Å². The molecule has 0 aromatic heterocycles. The fraction of sp³-hybridized carbons (Fsp3) is 0.286. The van der Waals surface area contributed by atoms with Gasteiger partial charge < -0.3 is 9.64 Å². The number of carbonyl (C=O) groups excluding carboxylic acids is 1. The average molecular weight is 244 g/mol. The van der Waals surface area contributed by atoms with Crippen molar-refractivity contribution < 1.29 is 9.53 Å². The third kappa shape index (κ3) is 3.20. The second-order valence-electron chi connectivity index (χ2n) is 3.93. The maximum absolute atomic E-state index is 11.5. The van der Waals surface area contributed by atoms with E-state index in [-0.39, 0.29) is 12.5 Å². The van der Waals surface area contributed by atoms with E-state index in [9.17, 15) is 4.79 Å². The monoisotopic (exact) mass is 244 g/mol. The third-order valence-corrected chi connectivity index (χ3v) is 2.52. The molecule has 0 aromatic carbocycles. The summed E-state index contributed by atoms with van der Waals surface area (Å²) in [5.41, 5.74) is 1.03. The fourth-order valence-corrected chi connectivity index (χ4v) is 1.68. The summed E-state index contributed by atoms with van der Waals surface area (Å²) < 4.78 is 5.23. The Hall–Kier alpha value is -2.10. The number of nitrogens with zero attached hydrogens (tertiary/aromatic N) is 2. The summed E-state index contributed by atoms with van der Waals surface area (Å²) in [6.07, 6.45) is 14.2. The minimum Gasteiger partial charge on any atom is -0.425 e. The zero-order chi connectivity index (χ0) is 12.8. The van der Waals surface area contributed by atoms with E-state index in [0.29, 0.717) is 12.3 Å². The predicted octanol–water partition coefficient (Wildman–Crippen LogP) is 2.18. The minimum atomic E-state index is -0.327. The predicted molar refractivity (Wildman–Crippen MR) is 70.9 cm³/mol. The van der Waals surface area contributed by atoms with Gasteiger partial charge in [-0.05, 0) is 30.9 Å². The smallest absolute Gasteiger partial charge is 0.333 e. The molecule has 0 atom stereocenters. The highest BCUT2D eigenvalue weighted by molar-refractivity contribution is 5.75. The lowest BCUT2D eigenvalue weighted by molar-refractivity contribution is -0.137. The van der Waals surface area contributed by atoms with E-state index in [4.69, 9.17) is 4.74 Å². The number of carbonyl (C=O) groups is 1. The first-order valence-electron chi connectivity index (χ1n) is 6.02. The van der Waals surface area contributed by atoms with Gasteiger partial charge in [0.15, 0.2) is 0 Å². The number of rotatable bonds is 4. The number of ether oxygens (including phenoxy) is 1. The summed E-state index contributed by atoms with van der Waals surface area (Å²) in [6.45, 7) is 2.77. The molecule has 94 valence electrons. The van der Waals surface area contributed by atoms with Crippen molar-refractivity contribution in [2.45, 2.75) is 13.3 Å². The maximum atomic E-state index is 11.5. The fourth-order valence-electron chi connectivity index (χ4n) is 1.68. The molecular formula is C14H16N2O2. The first-order valence-corrected chi connectivity index (χ1v) is 6.02. The molecule has 0 fully saturated rings. The van der Waals surface area contributed by atoms with Crippen LogP contribution in [0.4, 0.5) is 0 Å². The molecular weight excluding hydrogens is 228 g/mol. The van der Waals surface area contributed by atoms with Crippen LogP contribution in [0.15, 0.2) is 53.0 Å². The topological polar surface area (TPSA) is 41.9 Å². The van der Waals surface area contributed by atoms with Crippen molar-refractivity contribution in [2.24, 2.45) is 4.99 Å². The van der Waals surface area contributed by atoms with E-state index < -0.39 is 0 Å². The number of hydrogen-bond donors (Lipinski definition) is 0. The van der Waals surface area contributed by atoms with Crippen molar-refractivity contribution in [3.05, 3.63) is 48.0 Å². The highest BCUT2D eigenvalue weighted by Crippen LogP contribution is 2.20. The number of aliphatic imine (C=N–C) groups is 1. The molecule has 2 aliphatic rings. The van der Waals surface area contributed by atoms with Crippen molar-refractivity contribution in [3.8, 4) is 0 Å². The minimum absolute atomic E-state index is 0.0772. The van der Waals surface area contributed by atoms with Gasteiger partial charge in [-0.2, -0.15) is 0 Å². The Morgan fingerprint density at radius 1 is 1.56 bits per heavy atom. The molecule has 0 amide bonds. The molecule has 4 nitrogen and oxygen atoms in total. The van der Waals surface area contributed by atoms with E-state index in [1.54, 1.807) is 6.21 Å². The van der Waals surface area contributed by atoms with Gasteiger partial charge in [-0.25, -0.2) is 4.79 Å². The van der Waals surface area contributed by atoms with E-state index in [2.05, 4.69) is 9.89 Å². The molecule has 2 heterocycles. The lowest BCUT2D eigenvalue weighted by Gasteiger charge is -2.25. The first kappa shape index (κ1) is 12.4. The quantitative estimate of drug-likeness (QED) is 0.562. The molecule has 0 spiro atoms. The molecule has 0 aliphatic carbocycles. The summed E-state index contributed by atoms with van der Waals surface area (Å²) in [5, 5.41) is 0. The van der Waals surface area contributed by atoms with Gasteiger partial charge in [0, 0.05) is 24.5 Å². The molecule has 18 heavy (non-hydrogen) atoms. The Labute approximate surface area is 107 Å². The van der Waals surface area contributed by atoms with Crippen LogP contribution in [0.5, 0.6) is 0 Å². The van der Waals surface area contributed by atoms with E-state index >= 15 is 0 Å². The molecule has 0 N–H and O–H groups in total. The zero-order valence-corrected chi connectivity index (χ0v) is 10.4. The number of allylic oxidation sites excluding steroid dienone is 4. The number of esters is 1. The lowest BCUT2D eigenvalue weighted by Crippen LogP contribution is -2.21. The van der Waals surface area contributed by atoms with Crippen molar-refractivity contribution >= 4 is 12.2 Å². The van der Waals surface area contributed by atoms with Gasteiger partial charge in [0.1, 0.15) is 12.3 Å². The summed E-state index contributed by atoms with van der Waals surface area (Å²) >= 11 is 0. The summed E-state index contributed by atoms with van der Waals surface area (Å²) in [6, 6.07) is 0. The van der Waals surface area contributed by atoms with Crippen LogP contribution in [0.2, 0.25) is 0 Å². The van der Waals surface area contributed by atoms with Crippen molar-refractivity contribution in [3.63, 3.8) is 0 Å². The van der Waals surface area contributed by atoms with Crippen LogP contribution in [0, 0.1) is 0 Å². The summed E-state index contributed by atoms with van der Waals surface area (Å²) in [7, 11) is 0. The number of hydrogen-bond acceptors (Lipinski definition) is 4. The van der Waals surface area contributed by atoms with Crippen molar-refractivity contribution in [2.75, 3.05) is 13.1 Å². The Bertz CT molecular complexity index is 470. The van der Waals surface area contributed by atoms with Crippen molar-refractivity contribution in [1.29, 1.82) is 0 Å². The SMILES string of the molecule is CCC=NCC(=O)OC1=CCN2C=CC=CC2=C1. The number of fused-ring (bicyclic) bond motifs is 1. The average Bonchev–Trinajstić information content (AvgIpc) is 2.39. The highest BCUT2D eigenvalue weighted by Gasteiger charge is 2.14. The van der Waals surface area contributed by atoms with Crippen LogP contribution >= 0.6 is 0 Å². The van der Waals surface area contributed by atoms with Gasteiger partial charge in [0.2, 0.25) is 0 Å². The van der Waals surface area contributed by atoms with Gasteiger partial charge in [-0.3, -0.25) is 4.99 Å². The molecule has 2 rings (SSSR count). The lowest BCUT2D eigenvalue weighted by atomic mass is 10.2. The van der Waals surface area contributed by atoms with Gasteiger partial charge in [0.05, 0.1) is 0 Å². The molecule has 0 unspecified atom stereocenters. The summed E-state index contributed by atoms with van der Waals surface area (Å²) in [4.78, 5) is 17.5. The second-order valence-corrected chi connectivity index (χ2v) is 3.93. The molecule has 0 saturated carbocycles. The molecule has 0 saturated heterocycles. The Morgan fingerprint density at radius 3 is 3.28 bits per heavy atom. The van der Waals surface area contributed by atoms with Crippen LogP contribution in [0.25, 0.3) is 0 Å². The molecule has 0 aromatic rings. The van der Waals surface area contributed by atoms with E-state index in [1.807, 2.05) is 43.5 Å². The zero-order valence-electron chi connectivity index (χ0n) is 10.4. The van der Waals surface area contributed by atoms with Crippen LogP contribution in [-0.2, 0) is 9.53 Å². The first-order chi connectivity index (χ1) is 8.79. The third-order valence-electron chi connectivity index (χ3n) is 2.52. The van der Waals surface area contributed by atoms with Crippen LogP contribution < -0.4 is 0 Å². The largest absolute Gasteiger partial charge is 0.425 e. The van der Waals surface area contributed by atoms with Crippen LogP contribution in [0.3, 0.4) is 0 Å². The Kier molecular flexibility index (Phi) is 4.12. The Balaban J connectivity index is 1.91. The highest BCUT2D eigenvalue weighted by atomic mass is 16.5. The molecule has 4 heteroatoms. The van der Waals surface area contributed by atoms with E-state index in [0.717, 1.165) is 12.1 Å². The van der Waals surface area contributed by atoms with Gasteiger partial charge >= 0.3 is 5.97 Å². The van der Waals surface area contributed by atoms with Gasteiger partial charge in [-0.1, -0.05) is 13.0 Å². The van der Waals surface area contributed by atoms with E-state index in [1.165, 1.54) is 0 Å². The summed E-state index contributed by atoms with van der Waals surface area (Å²) in [5.74, 6) is 0.268. The normalized spacial score (nSPS) is 17.5. The van der Waals surface area contributed by atoms with Crippen LogP contribution in [0.1, 0.15) is 13.3 Å². The molecule has 0 bridgehead atoms. The molecule has 2 aliphatic heterocycles. The maximum Gasteiger partial charge on any atom is 0.333 e. The molecule has 0 radical (unpaired) electrons.